The zero-order chi connectivity index (χ0) is 15.6. The fraction of sp³-hybridized carbons (Fsp3) is 0.429. The summed E-state index contributed by atoms with van der Waals surface area (Å²) in [5.41, 5.74) is 5.31. The lowest BCUT2D eigenvalue weighted by Crippen LogP contribution is -2.54. The Bertz CT molecular complexity index is 583. The highest BCUT2D eigenvalue weighted by Gasteiger charge is 2.52. The summed E-state index contributed by atoms with van der Waals surface area (Å²) in [6.45, 7) is 2.02. The lowest BCUT2D eigenvalue weighted by Gasteiger charge is -2.43. The van der Waals surface area contributed by atoms with Gasteiger partial charge in [-0.25, -0.2) is 0 Å². The molecule has 1 aliphatic rings. The predicted octanol–water partition coefficient (Wildman–Crippen LogP) is 2.45. The summed E-state index contributed by atoms with van der Waals surface area (Å²) in [5.74, 6) is 0.476. The second kappa shape index (κ2) is 5.81. The number of benzene rings is 1. The van der Waals surface area contributed by atoms with E-state index in [2.05, 4.69) is 10.5 Å². The predicted molar refractivity (Wildman–Crippen MR) is 80.9 cm³/mol. The molecule has 0 spiro atoms. The van der Waals surface area contributed by atoms with Gasteiger partial charge in [0.2, 0.25) is 5.91 Å². The molecule has 7 heteroatoms. The van der Waals surface area contributed by atoms with Crippen molar-refractivity contribution < 1.29 is 14.7 Å². The molecule has 1 fully saturated rings. The molecular weight excluding hydrogens is 294 g/mol. The summed E-state index contributed by atoms with van der Waals surface area (Å²) in [5, 5.41) is 15.1. The first-order valence-corrected chi connectivity index (χ1v) is 6.93. The highest BCUT2D eigenvalue weighted by Crippen LogP contribution is 2.46. The molecule has 6 nitrogen and oxygen atoms in total. The van der Waals surface area contributed by atoms with Crippen LogP contribution in [0.15, 0.2) is 23.4 Å². The normalized spacial score (nSPS) is 25.1. The maximum atomic E-state index is 12.5. The molecule has 1 amide bonds. The number of carbonyl (C=O) groups is 1. The molecule has 0 aromatic heterocycles. The topological polar surface area (TPSA) is 96.9 Å². The van der Waals surface area contributed by atoms with Gasteiger partial charge in [0.25, 0.3) is 0 Å². The molecule has 1 aromatic rings. The summed E-state index contributed by atoms with van der Waals surface area (Å²) in [6, 6.07) is 4.93. The lowest BCUT2D eigenvalue weighted by atomic mass is 9.61. The molecule has 0 unspecified atom stereocenters. The number of hydrogen-bond donors (Lipinski definition) is 3. The van der Waals surface area contributed by atoms with Gasteiger partial charge in [-0.1, -0.05) is 23.7 Å². The average molecular weight is 312 g/mol. The molecule has 1 aliphatic carbocycles. The van der Waals surface area contributed by atoms with E-state index in [9.17, 15) is 4.79 Å². The van der Waals surface area contributed by atoms with Gasteiger partial charge in [-0.15, -0.1) is 0 Å². The summed E-state index contributed by atoms with van der Waals surface area (Å²) in [4.78, 5) is 12.5. The number of oxime groups is 1. The number of rotatable bonds is 4. The molecule has 0 radical (unpaired) electrons. The number of methoxy groups -OCH3 is 1. The molecule has 4 N–H and O–H groups in total. The maximum absolute atomic E-state index is 12.5. The molecule has 2 rings (SSSR count). The van der Waals surface area contributed by atoms with Crippen molar-refractivity contribution in [2.24, 2.45) is 22.2 Å². The van der Waals surface area contributed by atoms with Crippen LogP contribution in [0.4, 0.5) is 5.69 Å². The number of anilines is 1. The zero-order valence-corrected chi connectivity index (χ0v) is 12.6. The first-order chi connectivity index (χ1) is 9.92. The number of hydrogen-bond acceptors (Lipinski definition) is 4. The van der Waals surface area contributed by atoms with Crippen LogP contribution in [0.1, 0.15) is 19.8 Å². The van der Waals surface area contributed by atoms with Gasteiger partial charge in [0.15, 0.2) is 5.84 Å². The minimum atomic E-state index is -0.943. The van der Waals surface area contributed by atoms with Crippen molar-refractivity contribution in [2.75, 3.05) is 12.4 Å². The van der Waals surface area contributed by atoms with E-state index < -0.39 is 5.41 Å². The Balaban J connectivity index is 2.20. The standard InChI is InChI=1S/C14H18ClN3O3/c1-8-6-14(7-8,12(16)18-20)13(19)17-9-3-4-10(15)11(5-9)21-2/h3-5,8,20H,6-7H2,1-2H3,(H2,16,18)(H,17,19). The third-order valence-electron chi connectivity index (χ3n) is 3.84. The van der Waals surface area contributed by atoms with Crippen LogP contribution in [-0.4, -0.2) is 24.1 Å². The fourth-order valence-electron chi connectivity index (χ4n) is 2.72. The largest absolute Gasteiger partial charge is 0.495 e. The smallest absolute Gasteiger partial charge is 0.238 e. The molecular formula is C14H18ClN3O3. The second-order valence-electron chi connectivity index (χ2n) is 5.38. The molecule has 114 valence electrons. The van der Waals surface area contributed by atoms with Crippen molar-refractivity contribution in [3.05, 3.63) is 23.2 Å². The minimum Gasteiger partial charge on any atom is -0.495 e. The number of nitrogens with zero attached hydrogens (tertiary/aromatic N) is 1. The molecule has 0 heterocycles. The molecule has 0 atom stereocenters. The fourth-order valence-corrected chi connectivity index (χ4v) is 2.92. The summed E-state index contributed by atoms with van der Waals surface area (Å²) < 4.78 is 5.11. The monoisotopic (exact) mass is 311 g/mol. The first-order valence-electron chi connectivity index (χ1n) is 6.56. The van der Waals surface area contributed by atoms with E-state index >= 15 is 0 Å². The van der Waals surface area contributed by atoms with Crippen molar-refractivity contribution in [1.82, 2.24) is 0 Å². The number of nitrogens with one attached hydrogen (secondary N) is 1. The van der Waals surface area contributed by atoms with Crippen LogP contribution in [0.25, 0.3) is 0 Å². The van der Waals surface area contributed by atoms with Crippen molar-refractivity contribution in [1.29, 1.82) is 0 Å². The Morgan fingerprint density at radius 3 is 2.76 bits per heavy atom. The van der Waals surface area contributed by atoms with Gasteiger partial charge in [0.05, 0.1) is 12.1 Å². The summed E-state index contributed by atoms with van der Waals surface area (Å²) >= 11 is 5.94. The first kappa shape index (κ1) is 15.4. The molecule has 1 saturated carbocycles. The number of ether oxygens (including phenoxy) is 1. The SMILES string of the molecule is COc1cc(NC(=O)C2(/C(N)=N/O)CC(C)C2)ccc1Cl. The van der Waals surface area contributed by atoms with Crippen molar-refractivity contribution >= 4 is 29.0 Å². The number of amides is 1. The third-order valence-corrected chi connectivity index (χ3v) is 4.15. The number of halogens is 1. The van der Waals surface area contributed by atoms with E-state index in [0.29, 0.717) is 35.2 Å². The van der Waals surface area contributed by atoms with Gasteiger partial charge in [0, 0.05) is 11.8 Å². The number of amidine groups is 1. The van der Waals surface area contributed by atoms with Crippen LogP contribution in [0, 0.1) is 11.3 Å². The Kier molecular flexibility index (Phi) is 4.27. The van der Waals surface area contributed by atoms with E-state index in [1.165, 1.54) is 7.11 Å². The van der Waals surface area contributed by atoms with Gasteiger partial charge < -0.3 is 21.0 Å². The molecule has 0 bridgehead atoms. The van der Waals surface area contributed by atoms with Crippen molar-refractivity contribution in [2.45, 2.75) is 19.8 Å². The number of nitrogens with two attached hydrogens (primary N) is 1. The minimum absolute atomic E-state index is 0.0565. The molecule has 0 aliphatic heterocycles. The average Bonchev–Trinajstić information content (AvgIpc) is 2.44. The Morgan fingerprint density at radius 1 is 1.57 bits per heavy atom. The van der Waals surface area contributed by atoms with Crippen LogP contribution >= 0.6 is 11.6 Å². The van der Waals surface area contributed by atoms with Gasteiger partial charge in [-0.3, -0.25) is 4.79 Å². The van der Waals surface area contributed by atoms with Crippen LogP contribution in [0.3, 0.4) is 0 Å². The quantitative estimate of drug-likeness (QED) is 0.344. The number of carbonyl (C=O) groups excluding carboxylic acids is 1. The third kappa shape index (κ3) is 2.76. The van der Waals surface area contributed by atoms with Crippen LogP contribution in [0.2, 0.25) is 5.02 Å². The second-order valence-corrected chi connectivity index (χ2v) is 5.79. The summed E-state index contributed by atoms with van der Waals surface area (Å²) in [6.07, 6.45) is 1.11. The van der Waals surface area contributed by atoms with Gasteiger partial charge >= 0.3 is 0 Å². The van der Waals surface area contributed by atoms with Crippen LogP contribution in [0.5, 0.6) is 5.75 Å². The zero-order valence-electron chi connectivity index (χ0n) is 11.9. The van der Waals surface area contributed by atoms with Gasteiger partial charge in [-0.05, 0) is 30.9 Å². The van der Waals surface area contributed by atoms with Crippen molar-refractivity contribution in [3.8, 4) is 5.75 Å². The summed E-state index contributed by atoms with van der Waals surface area (Å²) in [7, 11) is 1.50. The molecule has 0 saturated heterocycles. The lowest BCUT2D eigenvalue weighted by molar-refractivity contribution is -0.127. The van der Waals surface area contributed by atoms with Crippen molar-refractivity contribution in [3.63, 3.8) is 0 Å². The van der Waals surface area contributed by atoms with E-state index in [1.807, 2.05) is 6.92 Å². The van der Waals surface area contributed by atoms with Crippen LogP contribution in [-0.2, 0) is 4.79 Å². The van der Waals surface area contributed by atoms with E-state index in [4.69, 9.17) is 27.3 Å². The molecule has 21 heavy (non-hydrogen) atoms. The van der Waals surface area contributed by atoms with Gasteiger partial charge in [0.1, 0.15) is 11.2 Å². The van der Waals surface area contributed by atoms with Gasteiger partial charge in [-0.2, -0.15) is 0 Å². The van der Waals surface area contributed by atoms with Crippen LogP contribution < -0.4 is 15.8 Å². The maximum Gasteiger partial charge on any atom is 0.238 e. The Hall–Kier alpha value is -1.95. The Morgan fingerprint density at radius 2 is 2.24 bits per heavy atom. The van der Waals surface area contributed by atoms with E-state index in [-0.39, 0.29) is 11.7 Å². The van der Waals surface area contributed by atoms with E-state index in [1.54, 1.807) is 18.2 Å². The Labute approximate surface area is 127 Å². The highest BCUT2D eigenvalue weighted by atomic mass is 35.5. The highest BCUT2D eigenvalue weighted by molar-refractivity contribution is 6.32. The molecule has 1 aromatic carbocycles. The van der Waals surface area contributed by atoms with E-state index in [0.717, 1.165) is 0 Å².